The summed E-state index contributed by atoms with van der Waals surface area (Å²) in [5.74, 6) is 0. The molecule has 0 N–H and O–H groups in total. The Morgan fingerprint density at radius 2 is 1.39 bits per heavy atom. The maximum absolute atomic E-state index is 4.63. The van der Waals surface area contributed by atoms with E-state index in [2.05, 4.69) is 90.8 Å². The van der Waals surface area contributed by atoms with Gasteiger partial charge in [0.2, 0.25) is 0 Å². The first-order valence-electron chi connectivity index (χ1n) is 7.82. The molecule has 110 valence electrons. The van der Waals surface area contributed by atoms with Crippen molar-refractivity contribution in [3.63, 3.8) is 0 Å². The lowest BCUT2D eigenvalue weighted by Crippen LogP contribution is -1.87. The number of nitrogens with zero attached hydrogens (tertiary/aromatic N) is 1. The summed E-state index contributed by atoms with van der Waals surface area (Å²) in [5, 5.41) is 2.41. The first-order valence-corrected chi connectivity index (χ1v) is 7.82. The molecule has 0 saturated heterocycles. The first-order chi connectivity index (χ1) is 11.3. The van der Waals surface area contributed by atoms with Crippen molar-refractivity contribution in [2.45, 2.75) is 6.92 Å². The van der Waals surface area contributed by atoms with E-state index in [1.165, 1.54) is 27.5 Å². The van der Waals surface area contributed by atoms with E-state index in [1.807, 2.05) is 6.20 Å². The summed E-state index contributed by atoms with van der Waals surface area (Å²) in [6, 6.07) is 27.7. The van der Waals surface area contributed by atoms with Gasteiger partial charge in [0.05, 0.1) is 5.69 Å². The largest absolute Gasteiger partial charge is 0.256 e. The minimum Gasteiger partial charge on any atom is -0.256 e. The molecule has 4 rings (SSSR count). The summed E-state index contributed by atoms with van der Waals surface area (Å²) in [6.07, 6.45) is 1.89. The van der Waals surface area contributed by atoms with Gasteiger partial charge in [-0.2, -0.15) is 0 Å². The molecule has 3 aromatic carbocycles. The van der Waals surface area contributed by atoms with Gasteiger partial charge in [-0.1, -0.05) is 72.3 Å². The molecule has 0 atom stereocenters. The summed E-state index contributed by atoms with van der Waals surface area (Å²) in [5.41, 5.74) is 5.93. The van der Waals surface area contributed by atoms with Gasteiger partial charge in [-0.05, 0) is 35.6 Å². The monoisotopic (exact) mass is 295 g/mol. The van der Waals surface area contributed by atoms with Gasteiger partial charge >= 0.3 is 0 Å². The zero-order valence-corrected chi connectivity index (χ0v) is 13.0. The lowest BCUT2D eigenvalue weighted by Gasteiger charge is -2.08. The highest BCUT2D eigenvalue weighted by Crippen LogP contribution is 2.30. The van der Waals surface area contributed by atoms with Crippen LogP contribution in [0, 0.1) is 6.92 Å². The van der Waals surface area contributed by atoms with Crippen molar-refractivity contribution >= 4 is 10.8 Å². The lowest BCUT2D eigenvalue weighted by molar-refractivity contribution is 1.36. The highest BCUT2D eigenvalue weighted by atomic mass is 14.7. The number of pyridine rings is 1. The van der Waals surface area contributed by atoms with Crippen LogP contribution < -0.4 is 0 Å². The van der Waals surface area contributed by atoms with Crippen molar-refractivity contribution in [3.05, 3.63) is 90.6 Å². The average molecular weight is 295 g/mol. The van der Waals surface area contributed by atoms with Gasteiger partial charge in [-0.3, -0.25) is 4.98 Å². The fourth-order valence-corrected chi connectivity index (χ4v) is 3.02. The predicted molar refractivity (Wildman–Crippen MR) is 97.4 cm³/mol. The van der Waals surface area contributed by atoms with E-state index in [4.69, 9.17) is 0 Å². The number of fused-ring (bicyclic) bond motifs is 1. The Bertz CT molecular complexity index is 980. The van der Waals surface area contributed by atoms with Crippen molar-refractivity contribution < 1.29 is 0 Å². The van der Waals surface area contributed by atoms with Crippen molar-refractivity contribution in [2.24, 2.45) is 0 Å². The molecule has 23 heavy (non-hydrogen) atoms. The fourth-order valence-electron chi connectivity index (χ4n) is 3.02. The number of aryl methyl sites for hydroxylation is 1. The summed E-state index contributed by atoms with van der Waals surface area (Å²) in [6.45, 7) is 2.12. The minimum atomic E-state index is 1.04. The van der Waals surface area contributed by atoms with Crippen LogP contribution in [-0.4, -0.2) is 4.98 Å². The molecule has 4 aromatic rings. The van der Waals surface area contributed by atoms with Gasteiger partial charge in [0.25, 0.3) is 0 Å². The first kappa shape index (κ1) is 13.7. The van der Waals surface area contributed by atoms with Crippen LogP contribution in [0.4, 0.5) is 0 Å². The molecule has 0 saturated carbocycles. The molecule has 1 heterocycles. The van der Waals surface area contributed by atoms with Crippen LogP contribution in [-0.2, 0) is 0 Å². The van der Waals surface area contributed by atoms with Gasteiger partial charge in [0.1, 0.15) is 0 Å². The van der Waals surface area contributed by atoms with E-state index < -0.39 is 0 Å². The normalized spacial score (nSPS) is 10.8. The SMILES string of the molecule is Cc1cccc(-c2cccc(-c3nccc4ccccc34)c2)c1. The zero-order valence-electron chi connectivity index (χ0n) is 13.0. The third kappa shape index (κ3) is 2.62. The van der Waals surface area contributed by atoms with Gasteiger partial charge in [-0.25, -0.2) is 0 Å². The van der Waals surface area contributed by atoms with Crippen molar-refractivity contribution in [1.29, 1.82) is 0 Å². The Hall–Kier alpha value is -2.93. The summed E-state index contributed by atoms with van der Waals surface area (Å²) < 4.78 is 0. The quantitative estimate of drug-likeness (QED) is 0.450. The van der Waals surface area contributed by atoms with E-state index in [0.29, 0.717) is 0 Å². The van der Waals surface area contributed by atoms with Crippen molar-refractivity contribution in [3.8, 4) is 22.4 Å². The second-order valence-corrected chi connectivity index (χ2v) is 5.83. The third-order valence-electron chi connectivity index (χ3n) is 4.16. The fraction of sp³-hybridized carbons (Fsp3) is 0.0455. The zero-order chi connectivity index (χ0) is 15.6. The van der Waals surface area contributed by atoms with Gasteiger partial charge in [0, 0.05) is 17.1 Å². The van der Waals surface area contributed by atoms with Crippen LogP contribution in [0.15, 0.2) is 85.1 Å². The number of benzene rings is 3. The van der Waals surface area contributed by atoms with Crippen molar-refractivity contribution in [1.82, 2.24) is 4.98 Å². The molecular weight excluding hydrogens is 278 g/mol. The Morgan fingerprint density at radius 1 is 0.652 bits per heavy atom. The van der Waals surface area contributed by atoms with Crippen molar-refractivity contribution in [2.75, 3.05) is 0 Å². The number of rotatable bonds is 2. The third-order valence-corrected chi connectivity index (χ3v) is 4.16. The van der Waals surface area contributed by atoms with E-state index in [9.17, 15) is 0 Å². The molecule has 0 aliphatic carbocycles. The molecule has 0 unspecified atom stereocenters. The maximum Gasteiger partial charge on any atom is 0.0780 e. The van der Waals surface area contributed by atoms with Gasteiger partial charge in [0.15, 0.2) is 0 Å². The number of hydrogen-bond donors (Lipinski definition) is 0. The van der Waals surface area contributed by atoms with E-state index in [1.54, 1.807) is 0 Å². The summed E-state index contributed by atoms with van der Waals surface area (Å²) in [7, 11) is 0. The van der Waals surface area contributed by atoms with Gasteiger partial charge < -0.3 is 0 Å². The molecule has 0 radical (unpaired) electrons. The van der Waals surface area contributed by atoms with Crippen LogP contribution in [0.5, 0.6) is 0 Å². The lowest BCUT2D eigenvalue weighted by atomic mass is 9.98. The summed E-state index contributed by atoms with van der Waals surface area (Å²) >= 11 is 0. The van der Waals surface area contributed by atoms with E-state index in [0.717, 1.165) is 11.3 Å². The van der Waals surface area contributed by atoms with Gasteiger partial charge in [-0.15, -0.1) is 0 Å². The molecule has 0 aliphatic heterocycles. The molecule has 1 aromatic heterocycles. The molecule has 1 heteroatoms. The molecule has 0 aliphatic rings. The topological polar surface area (TPSA) is 12.9 Å². The number of aromatic nitrogens is 1. The van der Waals surface area contributed by atoms with Crippen LogP contribution in [0.25, 0.3) is 33.2 Å². The summed E-state index contributed by atoms with van der Waals surface area (Å²) in [4.78, 5) is 4.63. The second-order valence-electron chi connectivity index (χ2n) is 5.83. The average Bonchev–Trinajstić information content (AvgIpc) is 2.61. The van der Waals surface area contributed by atoms with Crippen LogP contribution in [0.2, 0.25) is 0 Å². The minimum absolute atomic E-state index is 1.04. The standard InChI is InChI=1S/C22H17N/c1-16-6-4-8-18(14-16)19-9-5-10-20(15-19)22-21-11-3-2-7-17(21)12-13-23-22/h2-15H,1H3. The van der Waals surface area contributed by atoms with E-state index in [-0.39, 0.29) is 0 Å². The molecule has 0 fully saturated rings. The Balaban J connectivity index is 1.88. The highest BCUT2D eigenvalue weighted by Gasteiger charge is 2.06. The maximum atomic E-state index is 4.63. The second kappa shape index (κ2) is 5.69. The smallest absolute Gasteiger partial charge is 0.0780 e. The van der Waals surface area contributed by atoms with Crippen LogP contribution in [0.1, 0.15) is 5.56 Å². The molecule has 0 amide bonds. The van der Waals surface area contributed by atoms with Crippen LogP contribution >= 0.6 is 0 Å². The molecule has 0 spiro atoms. The molecular formula is C22H17N. The molecule has 1 nitrogen and oxygen atoms in total. The Labute approximate surface area is 136 Å². The van der Waals surface area contributed by atoms with Crippen LogP contribution in [0.3, 0.4) is 0 Å². The number of hydrogen-bond acceptors (Lipinski definition) is 1. The van der Waals surface area contributed by atoms with E-state index >= 15 is 0 Å². The highest BCUT2D eigenvalue weighted by molar-refractivity contribution is 5.95. The Kier molecular flexibility index (Phi) is 3.39. The predicted octanol–water partition coefficient (Wildman–Crippen LogP) is 5.88. The Morgan fingerprint density at radius 3 is 2.26 bits per heavy atom. The molecule has 0 bridgehead atoms.